The Kier molecular flexibility index (Phi) is 5.41. The van der Waals surface area contributed by atoms with Gasteiger partial charge in [0.2, 0.25) is 0 Å². The standard InChI is InChI=1S/C16H16Cl2FN/c1-2-20-16(9-11-3-6-13(19)7-4-11)14-10-12(17)5-8-15(14)18/h3-8,10,16,20H,2,9H2,1H3. The molecule has 0 amide bonds. The lowest BCUT2D eigenvalue weighted by atomic mass is 9.98. The molecule has 0 radical (unpaired) electrons. The van der Waals surface area contributed by atoms with E-state index in [1.54, 1.807) is 24.3 Å². The molecule has 2 rings (SSSR count). The van der Waals surface area contributed by atoms with Gasteiger partial charge in [-0.2, -0.15) is 0 Å². The predicted molar refractivity (Wildman–Crippen MR) is 83.0 cm³/mol. The third-order valence-electron chi connectivity index (χ3n) is 3.14. The lowest BCUT2D eigenvalue weighted by molar-refractivity contribution is 0.549. The molecule has 4 heteroatoms. The molecule has 106 valence electrons. The SMILES string of the molecule is CCNC(Cc1ccc(F)cc1)c1cc(Cl)ccc1Cl. The van der Waals surface area contributed by atoms with E-state index in [2.05, 4.69) is 5.32 Å². The largest absolute Gasteiger partial charge is 0.310 e. The Labute approximate surface area is 128 Å². The molecule has 1 nitrogen and oxygen atoms in total. The van der Waals surface area contributed by atoms with Gasteiger partial charge in [-0.25, -0.2) is 4.39 Å². The van der Waals surface area contributed by atoms with Crippen molar-refractivity contribution in [2.45, 2.75) is 19.4 Å². The Morgan fingerprint density at radius 1 is 1.10 bits per heavy atom. The van der Waals surface area contributed by atoms with Crippen LogP contribution in [0.2, 0.25) is 10.0 Å². The van der Waals surface area contributed by atoms with Crippen molar-refractivity contribution in [1.82, 2.24) is 5.32 Å². The Balaban J connectivity index is 2.26. The van der Waals surface area contributed by atoms with E-state index in [4.69, 9.17) is 23.2 Å². The third kappa shape index (κ3) is 3.95. The fraction of sp³-hybridized carbons (Fsp3) is 0.250. The van der Waals surface area contributed by atoms with Gasteiger partial charge in [-0.05, 0) is 54.4 Å². The molecule has 2 aromatic rings. The molecule has 0 aliphatic rings. The molecule has 1 atom stereocenters. The summed E-state index contributed by atoms with van der Waals surface area (Å²) >= 11 is 12.3. The quantitative estimate of drug-likeness (QED) is 0.817. The summed E-state index contributed by atoms with van der Waals surface area (Å²) in [5.41, 5.74) is 2.01. The summed E-state index contributed by atoms with van der Waals surface area (Å²) in [6.45, 7) is 2.85. The van der Waals surface area contributed by atoms with Crippen LogP contribution in [0.3, 0.4) is 0 Å². The molecular weight excluding hydrogens is 296 g/mol. The maximum Gasteiger partial charge on any atom is 0.123 e. The van der Waals surface area contributed by atoms with Crippen molar-refractivity contribution in [1.29, 1.82) is 0 Å². The van der Waals surface area contributed by atoms with Crippen LogP contribution in [-0.4, -0.2) is 6.54 Å². The molecule has 0 fully saturated rings. The second-order valence-electron chi connectivity index (χ2n) is 4.61. The van der Waals surface area contributed by atoms with Crippen LogP contribution in [-0.2, 0) is 6.42 Å². The van der Waals surface area contributed by atoms with Gasteiger partial charge in [0.15, 0.2) is 0 Å². The Bertz CT molecular complexity index is 569. The van der Waals surface area contributed by atoms with Crippen LogP contribution in [0.5, 0.6) is 0 Å². The van der Waals surface area contributed by atoms with E-state index in [-0.39, 0.29) is 11.9 Å². The van der Waals surface area contributed by atoms with Crippen molar-refractivity contribution in [3.8, 4) is 0 Å². The summed E-state index contributed by atoms with van der Waals surface area (Å²) in [5.74, 6) is -0.227. The van der Waals surface area contributed by atoms with Crippen molar-refractivity contribution >= 4 is 23.2 Å². The van der Waals surface area contributed by atoms with Crippen LogP contribution >= 0.6 is 23.2 Å². The van der Waals surface area contributed by atoms with Crippen molar-refractivity contribution in [3.63, 3.8) is 0 Å². The van der Waals surface area contributed by atoms with E-state index in [9.17, 15) is 4.39 Å². The van der Waals surface area contributed by atoms with E-state index in [0.29, 0.717) is 10.0 Å². The summed E-state index contributed by atoms with van der Waals surface area (Å²) in [6.07, 6.45) is 0.730. The number of benzene rings is 2. The van der Waals surface area contributed by atoms with Gasteiger partial charge in [0.05, 0.1) is 0 Å². The minimum Gasteiger partial charge on any atom is -0.310 e. The Hall–Kier alpha value is -1.09. The van der Waals surface area contributed by atoms with Crippen molar-refractivity contribution in [2.24, 2.45) is 0 Å². The van der Waals surface area contributed by atoms with Gasteiger partial charge in [-0.1, -0.05) is 42.3 Å². The van der Waals surface area contributed by atoms with Crippen molar-refractivity contribution in [3.05, 3.63) is 69.5 Å². The normalized spacial score (nSPS) is 12.4. The van der Waals surface area contributed by atoms with Crippen molar-refractivity contribution < 1.29 is 4.39 Å². The molecule has 1 unspecified atom stereocenters. The second-order valence-corrected chi connectivity index (χ2v) is 5.45. The lowest BCUT2D eigenvalue weighted by Gasteiger charge is -2.20. The van der Waals surface area contributed by atoms with Crippen LogP contribution in [0.15, 0.2) is 42.5 Å². The highest BCUT2D eigenvalue weighted by atomic mass is 35.5. The Morgan fingerprint density at radius 2 is 1.80 bits per heavy atom. The van der Waals surface area contributed by atoms with E-state index in [0.717, 1.165) is 24.1 Å². The van der Waals surface area contributed by atoms with E-state index >= 15 is 0 Å². The highest BCUT2D eigenvalue weighted by molar-refractivity contribution is 6.33. The van der Waals surface area contributed by atoms with Crippen LogP contribution in [0.25, 0.3) is 0 Å². The molecule has 2 aromatic carbocycles. The third-order valence-corrected chi connectivity index (χ3v) is 3.72. The first-order chi connectivity index (χ1) is 9.60. The number of likely N-dealkylation sites (N-methyl/N-ethyl adjacent to an activating group) is 1. The molecule has 20 heavy (non-hydrogen) atoms. The van der Waals surface area contributed by atoms with Gasteiger partial charge < -0.3 is 5.32 Å². The van der Waals surface area contributed by atoms with Gasteiger partial charge in [0.1, 0.15) is 5.82 Å². The zero-order chi connectivity index (χ0) is 14.5. The average Bonchev–Trinajstić information content (AvgIpc) is 2.43. The van der Waals surface area contributed by atoms with Crippen molar-refractivity contribution in [2.75, 3.05) is 6.54 Å². The van der Waals surface area contributed by atoms with Gasteiger partial charge in [0.25, 0.3) is 0 Å². The first-order valence-corrected chi connectivity index (χ1v) is 7.28. The zero-order valence-electron chi connectivity index (χ0n) is 11.2. The number of hydrogen-bond acceptors (Lipinski definition) is 1. The van der Waals surface area contributed by atoms with Crippen LogP contribution in [0.4, 0.5) is 4.39 Å². The Morgan fingerprint density at radius 3 is 2.45 bits per heavy atom. The summed E-state index contributed by atoms with van der Waals surface area (Å²) in [6, 6.07) is 12.0. The van der Waals surface area contributed by atoms with Crippen LogP contribution in [0, 0.1) is 5.82 Å². The molecule has 0 aliphatic heterocycles. The highest BCUT2D eigenvalue weighted by Gasteiger charge is 2.15. The summed E-state index contributed by atoms with van der Waals surface area (Å²) in [5, 5.41) is 4.73. The minimum absolute atomic E-state index is 0.0525. The monoisotopic (exact) mass is 311 g/mol. The highest BCUT2D eigenvalue weighted by Crippen LogP contribution is 2.28. The van der Waals surface area contributed by atoms with Gasteiger partial charge in [-0.15, -0.1) is 0 Å². The number of rotatable bonds is 5. The van der Waals surface area contributed by atoms with E-state index in [1.807, 2.05) is 13.0 Å². The maximum atomic E-state index is 13.0. The average molecular weight is 312 g/mol. The molecule has 0 saturated carbocycles. The smallest absolute Gasteiger partial charge is 0.123 e. The fourth-order valence-electron chi connectivity index (χ4n) is 2.18. The second kappa shape index (κ2) is 7.07. The number of nitrogens with one attached hydrogen (secondary N) is 1. The molecule has 0 aromatic heterocycles. The van der Waals surface area contributed by atoms with E-state index in [1.165, 1.54) is 12.1 Å². The van der Waals surface area contributed by atoms with Gasteiger partial charge >= 0.3 is 0 Å². The van der Waals surface area contributed by atoms with Crippen LogP contribution in [0.1, 0.15) is 24.1 Å². The van der Waals surface area contributed by atoms with Gasteiger partial charge in [-0.3, -0.25) is 0 Å². The van der Waals surface area contributed by atoms with E-state index < -0.39 is 0 Å². The predicted octanol–water partition coefficient (Wildman–Crippen LogP) is 5.03. The molecular formula is C16H16Cl2FN. The van der Waals surface area contributed by atoms with Gasteiger partial charge in [0, 0.05) is 16.1 Å². The number of halogens is 3. The minimum atomic E-state index is -0.227. The summed E-state index contributed by atoms with van der Waals surface area (Å²) in [7, 11) is 0. The lowest BCUT2D eigenvalue weighted by Crippen LogP contribution is -2.23. The summed E-state index contributed by atoms with van der Waals surface area (Å²) < 4.78 is 13.0. The first kappa shape index (κ1) is 15.3. The molecule has 1 N–H and O–H groups in total. The zero-order valence-corrected chi connectivity index (χ0v) is 12.7. The molecule has 0 saturated heterocycles. The topological polar surface area (TPSA) is 12.0 Å². The maximum absolute atomic E-state index is 13.0. The molecule has 0 spiro atoms. The number of hydrogen-bond donors (Lipinski definition) is 1. The molecule has 0 heterocycles. The first-order valence-electron chi connectivity index (χ1n) is 6.53. The molecule has 0 bridgehead atoms. The molecule has 0 aliphatic carbocycles. The fourth-order valence-corrected chi connectivity index (χ4v) is 2.61. The summed E-state index contributed by atoms with van der Waals surface area (Å²) in [4.78, 5) is 0. The van der Waals surface area contributed by atoms with Crippen LogP contribution < -0.4 is 5.32 Å².